The first kappa shape index (κ1) is 19.0. The second kappa shape index (κ2) is 9.84. The number of hydrogen-bond donors (Lipinski definition) is 1. The van der Waals surface area contributed by atoms with Crippen LogP contribution in [-0.2, 0) is 11.3 Å². The van der Waals surface area contributed by atoms with Gasteiger partial charge in [0.25, 0.3) is 0 Å². The van der Waals surface area contributed by atoms with E-state index in [4.69, 9.17) is 9.73 Å². The van der Waals surface area contributed by atoms with E-state index < -0.39 is 0 Å². The minimum absolute atomic E-state index is 0.619. The first-order valence-electron chi connectivity index (χ1n) is 8.79. The van der Waals surface area contributed by atoms with Crippen LogP contribution in [0.2, 0.25) is 0 Å². The number of aromatic nitrogens is 1. The van der Waals surface area contributed by atoms with E-state index in [2.05, 4.69) is 34.6 Å². The first-order valence-corrected chi connectivity index (χ1v) is 9.67. The molecule has 1 saturated heterocycles. The average molecular weight is 354 g/mol. The molecule has 7 heteroatoms. The molecule has 0 radical (unpaired) electrons. The quantitative estimate of drug-likeness (QED) is 0.603. The molecule has 0 saturated carbocycles. The Morgan fingerprint density at radius 1 is 1.38 bits per heavy atom. The summed E-state index contributed by atoms with van der Waals surface area (Å²) < 4.78 is 5.44. The van der Waals surface area contributed by atoms with Crippen molar-refractivity contribution in [1.82, 2.24) is 15.2 Å². The lowest BCUT2D eigenvalue weighted by Gasteiger charge is -2.26. The number of thiazole rings is 1. The van der Waals surface area contributed by atoms with Crippen LogP contribution in [0.5, 0.6) is 0 Å². The van der Waals surface area contributed by atoms with Gasteiger partial charge >= 0.3 is 0 Å². The number of anilines is 1. The van der Waals surface area contributed by atoms with Crippen molar-refractivity contribution in [2.75, 3.05) is 52.3 Å². The molecule has 0 aliphatic carbocycles. The molecule has 136 valence electrons. The van der Waals surface area contributed by atoms with Gasteiger partial charge < -0.3 is 19.9 Å². The van der Waals surface area contributed by atoms with E-state index >= 15 is 0 Å². The van der Waals surface area contributed by atoms with Crippen LogP contribution in [0, 0.1) is 5.92 Å². The highest BCUT2D eigenvalue weighted by atomic mass is 32.1. The molecule has 2 rings (SSSR count). The van der Waals surface area contributed by atoms with Crippen LogP contribution < -0.4 is 10.2 Å². The van der Waals surface area contributed by atoms with Gasteiger partial charge in [-0.1, -0.05) is 0 Å². The Labute approximate surface area is 149 Å². The number of ether oxygens (including phenoxy) is 1. The van der Waals surface area contributed by atoms with Crippen LogP contribution in [0.4, 0.5) is 5.13 Å². The maximum atomic E-state index is 5.44. The molecule has 0 unspecified atom stereocenters. The van der Waals surface area contributed by atoms with Crippen molar-refractivity contribution >= 4 is 22.4 Å². The highest BCUT2D eigenvalue weighted by molar-refractivity contribution is 7.13. The normalized spacial score (nSPS) is 16.2. The van der Waals surface area contributed by atoms with E-state index in [-0.39, 0.29) is 0 Å². The fourth-order valence-corrected chi connectivity index (χ4v) is 3.47. The lowest BCUT2D eigenvalue weighted by molar-refractivity contribution is 0.0625. The Hall–Kier alpha value is -1.34. The summed E-state index contributed by atoms with van der Waals surface area (Å²) in [4.78, 5) is 13.6. The van der Waals surface area contributed by atoms with Crippen molar-refractivity contribution in [2.24, 2.45) is 10.9 Å². The standard InChI is InChI=1S/C17H31N5OS/c1-5-18-16(19-12-15-13-24-17(20-15)21(2)3)22(4)9-6-14-7-10-23-11-8-14/h13-14H,5-12H2,1-4H3,(H,18,19). The molecule has 2 heterocycles. The van der Waals surface area contributed by atoms with Crippen LogP contribution in [-0.4, -0.2) is 63.3 Å². The van der Waals surface area contributed by atoms with Gasteiger partial charge in [0.1, 0.15) is 0 Å². The van der Waals surface area contributed by atoms with Crippen LogP contribution in [0.1, 0.15) is 31.9 Å². The van der Waals surface area contributed by atoms with Crippen molar-refractivity contribution in [2.45, 2.75) is 32.7 Å². The van der Waals surface area contributed by atoms with Crippen molar-refractivity contribution in [3.63, 3.8) is 0 Å². The third-order valence-electron chi connectivity index (χ3n) is 4.22. The van der Waals surface area contributed by atoms with E-state index in [9.17, 15) is 0 Å². The summed E-state index contributed by atoms with van der Waals surface area (Å²) in [6, 6.07) is 0. The van der Waals surface area contributed by atoms with Gasteiger partial charge in [-0.25, -0.2) is 9.98 Å². The molecule has 1 N–H and O–H groups in total. The lowest BCUT2D eigenvalue weighted by atomic mass is 9.96. The first-order chi connectivity index (χ1) is 11.6. The monoisotopic (exact) mass is 353 g/mol. The molecule has 0 amide bonds. The third-order valence-corrected chi connectivity index (χ3v) is 5.28. The van der Waals surface area contributed by atoms with Gasteiger partial charge in [-0.15, -0.1) is 11.3 Å². The summed E-state index contributed by atoms with van der Waals surface area (Å²) in [6.07, 6.45) is 3.58. The Balaban J connectivity index is 1.88. The van der Waals surface area contributed by atoms with E-state index in [1.807, 2.05) is 19.0 Å². The Morgan fingerprint density at radius 2 is 2.12 bits per heavy atom. The highest BCUT2D eigenvalue weighted by Gasteiger charge is 2.15. The number of nitrogens with one attached hydrogen (secondary N) is 1. The van der Waals surface area contributed by atoms with Crippen molar-refractivity contribution in [1.29, 1.82) is 0 Å². The number of nitrogens with zero attached hydrogens (tertiary/aromatic N) is 4. The molecule has 1 aliphatic rings. The van der Waals surface area contributed by atoms with E-state index in [1.54, 1.807) is 11.3 Å². The molecule has 1 aliphatic heterocycles. The SMILES string of the molecule is CCNC(=NCc1csc(N(C)C)n1)N(C)CCC1CCOCC1. The molecule has 0 atom stereocenters. The van der Waals surface area contributed by atoms with Crippen molar-refractivity contribution in [3.05, 3.63) is 11.1 Å². The Morgan fingerprint density at radius 3 is 2.75 bits per heavy atom. The summed E-state index contributed by atoms with van der Waals surface area (Å²) in [5.74, 6) is 1.74. The fourth-order valence-electron chi connectivity index (χ4n) is 2.72. The lowest BCUT2D eigenvalue weighted by Crippen LogP contribution is -2.40. The maximum absolute atomic E-state index is 5.44. The van der Waals surface area contributed by atoms with Crippen molar-refractivity contribution < 1.29 is 4.74 Å². The predicted molar refractivity (Wildman–Crippen MR) is 102 cm³/mol. The smallest absolute Gasteiger partial charge is 0.194 e. The predicted octanol–water partition coefficient (Wildman–Crippen LogP) is 2.42. The molecule has 1 aromatic rings. The fraction of sp³-hybridized carbons (Fsp3) is 0.765. The second-order valence-electron chi connectivity index (χ2n) is 6.45. The number of guanidine groups is 1. The zero-order valence-electron chi connectivity index (χ0n) is 15.4. The van der Waals surface area contributed by atoms with Crippen LogP contribution in [0.3, 0.4) is 0 Å². The van der Waals surface area contributed by atoms with E-state index in [0.717, 1.165) is 49.0 Å². The maximum Gasteiger partial charge on any atom is 0.194 e. The Kier molecular flexibility index (Phi) is 7.78. The van der Waals surface area contributed by atoms with Gasteiger partial charge in [0.05, 0.1) is 12.2 Å². The Bertz CT molecular complexity index is 511. The average Bonchev–Trinajstić information content (AvgIpc) is 3.06. The molecule has 0 spiro atoms. The third kappa shape index (κ3) is 5.94. The number of hydrogen-bond acceptors (Lipinski definition) is 5. The molecule has 1 fully saturated rings. The van der Waals surface area contributed by atoms with E-state index in [1.165, 1.54) is 19.3 Å². The van der Waals surface area contributed by atoms with Gasteiger partial charge in [0, 0.05) is 52.8 Å². The van der Waals surface area contributed by atoms with E-state index in [0.29, 0.717) is 6.54 Å². The topological polar surface area (TPSA) is 53.0 Å². The van der Waals surface area contributed by atoms with Crippen LogP contribution >= 0.6 is 11.3 Å². The minimum Gasteiger partial charge on any atom is -0.381 e. The van der Waals surface area contributed by atoms with Gasteiger partial charge in [0.2, 0.25) is 0 Å². The zero-order chi connectivity index (χ0) is 17.4. The molecule has 24 heavy (non-hydrogen) atoms. The summed E-state index contributed by atoms with van der Waals surface area (Å²) >= 11 is 1.66. The van der Waals surface area contributed by atoms with Gasteiger partial charge in [-0.3, -0.25) is 0 Å². The zero-order valence-corrected chi connectivity index (χ0v) is 16.2. The van der Waals surface area contributed by atoms with Crippen molar-refractivity contribution in [3.8, 4) is 0 Å². The molecule has 0 aromatic carbocycles. The second-order valence-corrected chi connectivity index (χ2v) is 7.29. The number of rotatable bonds is 7. The van der Waals surface area contributed by atoms with Gasteiger partial charge in [0.15, 0.2) is 11.1 Å². The molecule has 0 bridgehead atoms. The molecular formula is C17H31N5OS. The summed E-state index contributed by atoms with van der Waals surface area (Å²) in [5.41, 5.74) is 1.02. The largest absolute Gasteiger partial charge is 0.381 e. The van der Waals surface area contributed by atoms with Crippen LogP contribution in [0.25, 0.3) is 0 Å². The van der Waals surface area contributed by atoms with Gasteiger partial charge in [-0.05, 0) is 32.1 Å². The van der Waals surface area contributed by atoms with Crippen LogP contribution in [0.15, 0.2) is 10.4 Å². The number of aliphatic imine (C=N–C) groups is 1. The van der Waals surface area contributed by atoms with Gasteiger partial charge in [-0.2, -0.15) is 0 Å². The molecule has 6 nitrogen and oxygen atoms in total. The molecule has 1 aromatic heterocycles. The summed E-state index contributed by atoms with van der Waals surface area (Å²) in [5, 5.41) is 6.50. The summed E-state index contributed by atoms with van der Waals surface area (Å²) in [6.45, 7) is 6.46. The molecular weight excluding hydrogens is 322 g/mol. The summed E-state index contributed by atoms with van der Waals surface area (Å²) in [7, 11) is 6.15. The minimum atomic E-state index is 0.619. The highest BCUT2D eigenvalue weighted by Crippen LogP contribution is 2.19.